The van der Waals surface area contributed by atoms with Crippen molar-refractivity contribution in [1.29, 1.82) is 5.26 Å². The summed E-state index contributed by atoms with van der Waals surface area (Å²) in [5.41, 5.74) is 14.1. The van der Waals surface area contributed by atoms with Crippen LogP contribution in [-0.4, -0.2) is 5.78 Å². The minimum Gasteiger partial charge on any atom is -0.384 e. The lowest BCUT2D eigenvalue weighted by molar-refractivity contribution is -0.116. The van der Waals surface area contributed by atoms with Crippen LogP contribution in [0.15, 0.2) is 65.1 Å². The third-order valence-electron chi connectivity index (χ3n) is 6.25. The molecule has 4 heteroatoms. The summed E-state index contributed by atoms with van der Waals surface area (Å²) in [5, 5.41) is 10.1. The van der Waals surface area contributed by atoms with E-state index in [1.807, 2.05) is 43.0 Å². The number of Topliss-reactive ketones (excluding diaryl/α,β-unsaturated/α-hetero) is 1. The highest BCUT2D eigenvalue weighted by Gasteiger charge is 2.40. The van der Waals surface area contributed by atoms with Gasteiger partial charge >= 0.3 is 0 Å². The van der Waals surface area contributed by atoms with Gasteiger partial charge in [0.2, 0.25) is 0 Å². The lowest BCUT2D eigenvalue weighted by Gasteiger charge is -2.40. The van der Waals surface area contributed by atoms with Crippen LogP contribution in [0.3, 0.4) is 0 Å². The summed E-state index contributed by atoms with van der Waals surface area (Å²) in [6.07, 6.45) is 3.05. The molecule has 2 aromatic carbocycles. The van der Waals surface area contributed by atoms with E-state index in [-0.39, 0.29) is 5.78 Å². The first-order valence-electron chi connectivity index (χ1n) is 10.6. The first-order chi connectivity index (χ1) is 14.5. The topological polar surface area (TPSA) is 70.1 Å². The van der Waals surface area contributed by atoms with Crippen molar-refractivity contribution < 1.29 is 4.79 Å². The minimum absolute atomic E-state index is 0.122. The molecule has 0 aromatic heterocycles. The Morgan fingerprint density at radius 2 is 1.87 bits per heavy atom. The van der Waals surface area contributed by atoms with Crippen LogP contribution in [0, 0.1) is 25.2 Å². The highest BCUT2D eigenvalue weighted by atomic mass is 16.1. The van der Waals surface area contributed by atoms with Crippen molar-refractivity contribution in [2.45, 2.75) is 52.4 Å². The number of nitrogens with two attached hydrogens (primary N) is 1. The molecule has 0 bridgehead atoms. The molecule has 0 fully saturated rings. The Kier molecular flexibility index (Phi) is 5.22. The fourth-order valence-electron chi connectivity index (χ4n) is 4.72. The maximum atomic E-state index is 13.2. The lowest BCUT2D eigenvalue weighted by atomic mass is 9.74. The van der Waals surface area contributed by atoms with Crippen molar-refractivity contribution in [3.63, 3.8) is 0 Å². The third-order valence-corrected chi connectivity index (χ3v) is 6.25. The van der Waals surface area contributed by atoms with Crippen molar-refractivity contribution in [3.8, 4) is 6.07 Å². The number of hydrogen-bond acceptors (Lipinski definition) is 4. The van der Waals surface area contributed by atoms with Crippen molar-refractivity contribution in [3.05, 3.63) is 87.4 Å². The molecule has 1 aliphatic heterocycles. The molecule has 2 N–H and O–H groups in total. The maximum Gasteiger partial charge on any atom is 0.161 e. The lowest BCUT2D eigenvalue weighted by Crippen LogP contribution is -2.38. The van der Waals surface area contributed by atoms with Gasteiger partial charge < -0.3 is 5.73 Å². The van der Waals surface area contributed by atoms with Crippen LogP contribution in [0.4, 0.5) is 5.69 Å². The van der Waals surface area contributed by atoms with Crippen LogP contribution in [0.25, 0.3) is 0 Å². The van der Waals surface area contributed by atoms with Crippen molar-refractivity contribution >= 4 is 11.5 Å². The monoisotopic (exact) mass is 397 g/mol. The number of carbonyl (C=O) groups is 1. The molecule has 2 aromatic rings. The van der Waals surface area contributed by atoms with E-state index in [2.05, 4.69) is 31.2 Å². The van der Waals surface area contributed by atoms with Gasteiger partial charge in [-0.2, -0.15) is 5.26 Å². The number of anilines is 1. The van der Waals surface area contributed by atoms with Gasteiger partial charge in [-0.3, -0.25) is 9.69 Å². The number of aryl methyl sites for hydroxylation is 3. The van der Waals surface area contributed by atoms with Crippen LogP contribution in [0.5, 0.6) is 0 Å². The molecule has 1 aliphatic carbocycles. The SMILES string of the molecule is CCc1ccc(N2C(N)=C(C#N)C(c3ccc(C)cc3C)C3=C2CCCC3=O)cc1. The number of ketones is 1. The molecule has 0 saturated heterocycles. The minimum atomic E-state index is -0.399. The van der Waals surface area contributed by atoms with E-state index in [1.54, 1.807) is 0 Å². The number of nitrogens with zero attached hydrogens (tertiary/aromatic N) is 2. The summed E-state index contributed by atoms with van der Waals surface area (Å²) in [5.74, 6) is 0.154. The zero-order valence-electron chi connectivity index (χ0n) is 17.8. The number of allylic oxidation sites excluding steroid dienone is 3. The Hall–Kier alpha value is -3.32. The average Bonchev–Trinajstić information content (AvgIpc) is 2.74. The highest BCUT2D eigenvalue weighted by molar-refractivity contribution is 6.01. The van der Waals surface area contributed by atoms with Gasteiger partial charge in [-0.25, -0.2) is 0 Å². The van der Waals surface area contributed by atoms with Crippen molar-refractivity contribution in [2.75, 3.05) is 4.90 Å². The first kappa shape index (κ1) is 20.0. The van der Waals surface area contributed by atoms with Crippen LogP contribution in [-0.2, 0) is 11.2 Å². The zero-order valence-corrected chi connectivity index (χ0v) is 17.8. The second-order valence-electron chi connectivity index (χ2n) is 8.20. The highest BCUT2D eigenvalue weighted by Crippen LogP contribution is 2.46. The van der Waals surface area contributed by atoms with Crippen LogP contribution >= 0.6 is 0 Å². The number of rotatable bonds is 3. The Bertz CT molecular complexity index is 1120. The molecule has 0 spiro atoms. The van der Waals surface area contributed by atoms with Gasteiger partial charge in [0.15, 0.2) is 5.78 Å². The summed E-state index contributed by atoms with van der Waals surface area (Å²) >= 11 is 0. The first-order valence-corrected chi connectivity index (χ1v) is 10.6. The van der Waals surface area contributed by atoms with Gasteiger partial charge in [0.25, 0.3) is 0 Å². The zero-order chi connectivity index (χ0) is 21.4. The Balaban J connectivity index is 1.95. The smallest absolute Gasteiger partial charge is 0.161 e. The largest absolute Gasteiger partial charge is 0.384 e. The van der Waals surface area contributed by atoms with Crippen molar-refractivity contribution in [2.24, 2.45) is 5.73 Å². The summed E-state index contributed by atoms with van der Waals surface area (Å²) in [6.45, 7) is 6.20. The Morgan fingerprint density at radius 1 is 1.13 bits per heavy atom. The molecule has 0 saturated carbocycles. The molecule has 30 heavy (non-hydrogen) atoms. The Morgan fingerprint density at radius 3 is 2.50 bits per heavy atom. The fraction of sp³-hybridized carbons (Fsp3) is 0.308. The summed E-state index contributed by atoms with van der Waals surface area (Å²) < 4.78 is 0. The van der Waals surface area contributed by atoms with Crippen molar-refractivity contribution in [1.82, 2.24) is 0 Å². The molecule has 0 amide bonds. The molecule has 2 aliphatic rings. The van der Waals surface area contributed by atoms with Gasteiger partial charge in [-0.15, -0.1) is 0 Å². The molecule has 1 unspecified atom stereocenters. The Labute approximate surface area is 178 Å². The number of hydrogen-bond donors (Lipinski definition) is 1. The average molecular weight is 398 g/mol. The predicted octanol–water partition coefficient (Wildman–Crippen LogP) is 5.17. The second-order valence-corrected chi connectivity index (χ2v) is 8.20. The molecule has 0 radical (unpaired) electrons. The van der Waals surface area contributed by atoms with Crippen LogP contribution < -0.4 is 10.6 Å². The molecule has 1 atom stereocenters. The normalized spacial score (nSPS) is 19.1. The molecule has 1 heterocycles. The number of benzene rings is 2. The van der Waals surface area contributed by atoms with Crippen LogP contribution in [0.1, 0.15) is 54.4 Å². The van der Waals surface area contributed by atoms with Gasteiger partial charge in [0.1, 0.15) is 5.82 Å². The van der Waals surface area contributed by atoms with Gasteiger partial charge in [-0.05, 0) is 61.9 Å². The number of nitriles is 1. The van der Waals surface area contributed by atoms with E-state index in [0.717, 1.165) is 52.9 Å². The molecule has 4 rings (SSSR count). The fourth-order valence-corrected chi connectivity index (χ4v) is 4.72. The van der Waals surface area contributed by atoms with E-state index >= 15 is 0 Å². The van der Waals surface area contributed by atoms with E-state index in [9.17, 15) is 10.1 Å². The summed E-state index contributed by atoms with van der Waals surface area (Å²) in [7, 11) is 0. The van der Waals surface area contributed by atoms with Gasteiger partial charge in [0.05, 0.1) is 17.6 Å². The van der Waals surface area contributed by atoms with Gasteiger partial charge in [0, 0.05) is 23.4 Å². The van der Waals surface area contributed by atoms with Crippen LogP contribution in [0.2, 0.25) is 0 Å². The molecular formula is C26H27N3O. The quantitative estimate of drug-likeness (QED) is 0.776. The number of carbonyl (C=O) groups excluding carboxylic acids is 1. The predicted molar refractivity (Wildman–Crippen MR) is 120 cm³/mol. The second kappa shape index (κ2) is 7.84. The summed E-state index contributed by atoms with van der Waals surface area (Å²) in [4.78, 5) is 15.1. The third kappa shape index (κ3) is 3.21. The standard InChI is InChI=1S/C26H27N3O/c1-4-18-9-11-19(12-10-18)29-22-6-5-7-23(30)25(22)24(21(15-27)26(29)28)20-13-8-16(2)14-17(20)3/h8-14,24H,4-7,28H2,1-3H3. The van der Waals surface area contributed by atoms with Gasteiger partial charge in [-0.1, -0.05) is 42.8 Å². The van der Waals surface area contributed by atoms with E-state index in [1.165, 1.54) is 5.56 Å². The van der Waals surface area contributed by atoms with E-state index < -0.39 is 5.92 Å². The van der Waals surface area contributed by atoms with E-state index in [0.29, 0.717) is 17.8 Å². The van der Waals surface area contributed by atoms with E-state index in [4.69, 9.17) is 5.73 Å². The molecular weight excluding hydrogens is 370 g/mol. The molecule has 4 nitrogen and oxygen atoms in total. The molecule has 152 valence electrons. The summed E-state index contributed by atoms with van der Waals surface area (Å²) in [6, 6.07) is 16.7. The maximum absolute atomic E-state index is 13.2.